The molecule has 3 aromatic rings. The number of sulfonamides is 1. The molecule has 10 heteroatoms. The molecule has 1 fully saturated rings. The summed E-state index contributed by atoms with van der Waals surface area (Å²) in [6.45, 7) is 2.64. The van der Waals surface area contributed by atoms with Crippen molar-refractivity contribution >= 4 is 44.8 Å². The van der Waals surface area contributed by atoms with Crippen LogP contribution in [0.25, 0.3) is 0 Å². The Kier molecular flexibility index (Phi) is 9.44. The number of amides is 1. The van der Waals surface area contributed by atoms with Crippen LogP contribution in [-0.4, -0.2) is 38.4 Å². The zero-order valence-electron chi connectivity index (χ0n) is 18.8. The lowest BCUT2D eigenvalue weighted by Gasteiger charge is -2.32. The number of piperidine rings is 1. The molecule has 1 saturated heterocycles. The third-order valence-corrected chi connectivity index (χ3v) is 7.85. The van der Waals surface area contributed by atoms with Crippen LogP contribution < -0.4 is 22.4 Å². The molecule has 35 heavy (non-hydrogen) atoms. The summed E-state index contributed by atoms with van der Waals surface area (Å²) in [5.74, 6) is -0.322. The average Bonchev–Trinajstić information content (AvgIpc) is 2.82. The number of hydrogen-bond acceptors (Lipinski definition) is 4. The Morgan fingerprint density at radius 2 is 1.60 bits per heavy atom. The van der Waals surface area contributed by atoms with Gasteiger partial charge in [0.1, 0.15) is 4.90 Å². The summed E-state index contributed by atoms with van der Waals surface area (Å²) in [5, 5.41) is 3.35. The molecule has 6 nitrogen and oxygen atoms in total. The summed E-state index contributed by atoms with van der Waals surface area (Å²) in [4.78, 5) is 15.3. The number of hydrogen-bond donors (Lipinski definition) is 2. The monoisotopic (exact) mass is 552 g/mol. The molecular formula is C25H25Cl3N3O3S-. The third kappa shape index (κ3) is 7.12. The largest absolute Gasteiger partial charge is 1.00 e. The van der Waals surface area contributed by atoms with E-state index < -0.39 is 10.0 Å². The van der Waals surface area contributed by atoms with Gasteiger partial charge in [-0.05, 0) is 48.7 Å². The van der Waals surface area contributed by atoms with E-state index >= 15 is 0 Å². The van der Waals surface area contributed by atoms with Crippen molar-refractivity contribution in [2.24, 2.45) is 0 Å². The van der Waals surface area contributed by atoms with Gasteiger partial charge in [-0.15, -0.1) is 0 Å². The first-order chi connectivity index (χ1) is 16.3. The molecule has 1 aliphatic rings. The number of para-hydroxylation sites is 1. The number of anilines is 1. The average molecular weight is 554 g/mol. The van der Waals surface area contributed by atoms with Crippen molar-refractivity contribution in [1.82, 2.24) is 10.2 Å². The molecule has 0 unspecified atom stereocenters. The predicted octanol–water partition coefficient (Wildman–Crippen LogP) is 2.19. The van der Waals surface area contributed by atoms with Crippen LogP contribution in [0.1, 0.15) is 28.8 Å². The lowest BCUT2D eigenvalue weighted by Crippen LogP contribution is -3.00. The van der Waals surface area contributed by atoms with E-state index in [1.165, 1.54) is 23.8 Å². The molecule has 0 bridgehead atoms. The number of rotatable bonds is 7. The molecule has 0 aliphatic carbocycles. The Morgan fingerprint density at radius 3 is 2.31 bits per heavy atom. The number of likely N-dealkylation sites (tertiary alicyclic amines) is 1. The van der Waals surface area contributed by atoms with Gasteiger partial charge in [0.2, 0.25) is 0 Å². The van der Waals surface area contributed by atoms with Crippen molar-refractivity contribution in [1.29, 1.82) is 0 Å². The van der Waals surface area contributed by atoms with Crippen molar-refractivity contribution in [3.8, 4) is 0 Å². The molecule has 0 saturated carbocycles. The second-order valence-electron chi connectivity index (χ2n) is 8.24. The molecule has 1 aliphatic heterocycles. The quantitative estimate of drug-likeness (QED) is 0.470. The molecule has 186 valence electrons. The van der Waals surface area contributed by atoms with E-state index in [0.29, 0.717) is 0 Å². The van der Waals surface area contributed by atoms with Gasteiger partial charge in [-0.25, -0.2) is 8.42 Å². The predicted molar refractivity (Wildman–Crippen MR) is 136 cm³/mol. The highest BCUT2D eigenvalue weighted by molar-refractivity contribution is 7.92. The van der Waals surface area contributed by atoms with Gasteiger partial charge in [0.15, 0.2) is 0 Å². The van der Waals surface area contributed by atoms with Crippen molar-refractivity contribution in [2.75, 3.05) is 17.8 Å². The van der Waals surface area contributed by atoms with Crippen molar-refractivity contribution < 1.29 is 25.6 Å². The second kappa shape index (κ2) is 12.1. The normalized spacial score (nSPS) is 14.7. The topological polar surface area (TPSA) is 78.5 Å². The number of nitrogens with one attached hydrogen (secondary N) is 2. The second-order valence-corrected chi connectivity index (χ2v) is 10.7. The molecule has 0 atom stereocenters. The van der Waals surface area contributed by atoms with Gasteiger partial charge >= 0.3 is 0 Å². The number of carbonyl (C=O) groups excluding carboxylic acids is 1. The SMILES string of the molecule is O=C(NC1CCN(Cc2ccccc2)CC1)c1ccccc1NS(=O)(=O)c1cc(Cl)ccc1Cl.[Cl-]. The first-order valence-corrected chi connectivity index (χ1v) is 13.2. The first-order valence-electron chi connectivity index (χ1n) is 11.0. The number of halogens is 3. The van der Waals surface area contributed by atoms with Crippen LogP contribution in [0.5, 0.6) is 0 Å². The van der Waals surface area contributed by atoms with Crippen molar-refractivity contribution in [3.63, 3.8) is 0 Å². The number of benzene rings is 3. The lowest BCUT2D eigenvalue weighted by atomic mass is 10.0. The fraction of sp³-hybridized carbons (Fsp3) is 0.240. The van der Waals surface area contributed by atoms with E-state index in [0.717, 1.165) is 32.5 Å². The highest BCUT2D eigenvalue weighted by atomic mass is 35.5. The Bertz CT molecular complexity index is 1270. The molecular weight excluding hydrogens is 529 g/mol. The maximum absolute atomic E-state index is 13.0. The van der Waals surface area contributed by atoms with Crippen LogP contribution in [-0.2, 0) is 16.6 Å². The smallest absolute Gasteiger partial charge is 0.263 e. The van der Waals surface area contributed by atoms with Crippen LogP contribution in [0.15, 0.2) is 77.7 Å². The van der Waals surface area contributed by atoms with E-state index in [-0.39, 0.29) is 50.5 Å². The number of carbonyl (C=O) groups is 1. The summed E-state index contributed by atoms with van der Waals surface area (Å²) in [6, 6.07) is 21.0. The van der Waals surface area contributed by atoms with E-state index in [4.69, 9.17) is 23.2 Å². The van der Waals surface area contributed by atoms with Crippen LogP contribution in [0, 0.1) is 0 Å². The van der Waals surface area contributed by atoms with Gasteiger partial charge in [-0.3, -0.25) is 14.4 Å². The molecule has 1 amide bonds. The van der Waals surface area contributed by atoms with Gasteiger partial charge in [0.05, 0.1) is 16.3 Å². The van der Waals surface area contributed by atoms with Gasteiger partial charge < -0.3 is 17.7 Å². The maximum Gasteiger partial charge on any atom is 0.263 e. The van der Waals surface area contributed by atoms with E-state index in [9.17, 15) is 13.2 Å². The van der Waals surface area contributed by atoms with Gasteiger partial charge in [-0.1, -0.05) is 65.7 Å². The van der Waals surface area contributed by atoms with Crippen molar-refractivity contribution in [2.45, 2.75) is 30.3 Å². The minimum atomic E-state index is -4.05. The van der Waals surface area contributed by atoms with Crippen LogP contribution in [0.3, 0.4) is 0 Å². The van der Waals surface area contributed by atoms with E-state index in [1.54, 1.807) is 24.3 Å². The first kappa shape index (κ1) is 27.3. The van der Waals surface area contributed by atoms with Crippen LogP contribution in [0.4, 0.5) is 5.69 Å². The molecule has 1 heterocycles. The molecule has 0 aromatic heterocycles. The summed E-state index contributed by atoms with van der Waals surface area (Å²) >= 11 is 12.0. The zero-order chi connectivity index (χ0) is 24.1. The standard InChI is InChI=1S/C25H25Cl2N3O3S.ClH/c26-19-10-11-22(27)24(16-19)34(32,33)29-23-9-5-4-8-21(23)25(31)28-20-12-14-30(15-13-20)17-18-6-2-1-3-7-18;/h1-11,16,20,29H,12-15,17H2,(H,28,31);1H/p-1. The van der Waals surface area contributed by atoms with E-state index in [2.05, 4.69) is 27.1 Å². The summed E-state index contributed by atoms with van der Waals surface area (Å²) in [5.41, 5.74) is 1.69. The van der Waals surface area contributed by atoms with E-state index in [1.807, 2.05) is 18.2 Å². The Hall–Kier alpha value is -2.29. The van der Waals surface area contributed by atoms with Crippen LogP contribution in [0.2, 0.25) is 10.0 Å². The highest BCUT2D eigenvalue weighted by Gasteiger charge is 2.24. The number of nitrogens with zero attached hydrogens (tertiary/aromatic N) is 1. The minimum absolute atomic E-state index is 0. The molecule has 3 aromatic carbocycles. The van der Waals surface area contributed by atoms with Gasteiger partial charge in [-0.2, -0.15) is 0 Å². The fourth-order valence-electron chi connectivity index (χ4n) is 3.99. The third-order valence-electron chi connectivity index (χ3n) is 5.77. The maximum atomic E-state index is 13.0. The Labute approximate surface area is 222 Å². The molecule has 2 N–H and O–H groups in total. The molecule has 0 radical (unpaired) electrons. The summed E-state index contributed by atoms with van der Waals surface area (Å²) in [6.07, 6.45) is 1.65. The van der Waals surface area contributed by atoms with Crippen LogP contribution >= 0.6 is 23.2 Å². The summed E-state index contributed by atoms with van der Waals surface area (Å²) < 4.78 is 28.4. The van der Waals surface area contributed by atoms with Crippen molar-refractivity contribution in [3.05, 3.63) is 94.0 Å². The summed E-state index contributed by atoms with van der Waals surface area (Å²) in [7, 11) is -4.05. The highest BCUT2D eigenvalue weighted by Crippen LogP contribution is 2.28. The Morgan fingerprint density at radius 1 is 0.943 bits per heavy atom. The zero-order valence-corrected chi connectivity index (χ0v) is 21.8. The molecule has 4 rings (SSSR count). The molecule has 0 spiro atoms. The lowest BCUT2D eigenvalue weighted by molar-refractivity contribution is -0.0000180. The fourth-order valence-corrected chi connectivity index (χ4v) is 5.84. The van der Waals surface area contributed by atoms with Gasteiger partial charge in [0, 0.05) is 30.7 Å². The Balaban J connectivity index is 0.00000342. The van der Waals surface area contributed by atoms with Gasteiger partial charge in [0.25, 0.3) is 15.9 Å². The minimum Gasteiger partial charge on any atom is -1.00 e.